The lowest BCUT2D eigenvalue weighted by Gasteiger charge is -2.15. The largest absolute Gasteiger partial charge is 0.492 e. The highest BCUT2D eigenvalue weighted by Gasteiger charge is 2.01. The fourth-order valence-corrected chi connectivity index (χ4v) is 1.28. The van der Waals surface area contributed by atoms with Crippen LogP contribution in [0.5, 0.6) is 5.75 Å². The van der Waals surface area contributed by atoms with Gasteiger partial charge in [0.25, 0.3) is 0 Å². The normalized spacial score (nSPS) is 10.7. The molecule has 0 atom stereocenters. The van der Waals surface area contributed by atoms with E-state index in [1.54, 1.807) is 0 Å². The van der Waals surface area contributed by atoms with Crippen molar-refractivity contribution in [3.8, 4) is 5.75 Å². The second kappa shape index (κ2) is 6.43. The van der Waals surface area contributed by atoms with Crippen molar-refractivity contribution in [1.82, 2.24) is 4.90 Å². The lowest BCUT2D eigenvalue weighted by molar-refractivity contribution is 0.242. The number of para-hydroxylation sites is 1. The van der Waals surface area contributed by atoms with Crippen molar-refractivity contribution in [3.05, 3.63) is 29.8 Å². The smallest absolute Gasteiger partial charge is 0.123 e. The highest BCUT2D eigenvalue weighted by Crippen LogP contribution is 2.16. The number of benzene rings is 1. The molecule has 3 heteroatoms. The Morgan fingerprint density at radius 2 is 2.07 bits per heavy atom. The van der Waals surface area contributed by atoms with Crippen molar-refractivity contribution in [2.75, 3.05) is 26.7 Å². The van der Waals surface area contributed by atoms with Gasteiger partial charge in [-0.05, 0) is 19.7 Å². The molecule has 0 spiro atoms. The van der Waals surface area contributed by atoms with Crippen LogP contribution in [0.1, 0.15) is 12.5 Å². The third kappa shape index (κ3) is 3.90. The summed E-state index contributed by atoms with van der Waals surface area (Å²) in [7, 11) is 2.08. The molecule has 0 saturated heterocycles. The highest BCUT2D eigenvalue weighted by molar-refractivity contribution is 5.32. The number of hydrogen-bond acceptors (Lipinski definition) is 3. The molecule has 15 heavy (non-hydrogen) atoms. The Kier molecular flexibility index (Phi) is 5.15. The lowest BCUT2D eigenvalue weighted by Crippen LogP contribution is -2.24. The van der Waals surface area contributed by atoms with Crippen molar-refractivity contribution >= 4 is 0 Å². The number of ether oxygens (including phenoxy) is 1. The fraction of sp³-hybridized carbons (Fsp3) is 0.500. The van der Waals surface area contributed by atoms with E-state index in [0.717, 1.165) is 24.4 Å². The lowest BCUT2D eigenvalue weighted by atomic mass is 10.2. The minimum absolute atomic E-state index is 0.528. The van der Waals surface area contributed by atoms with Crippen LogP contribution >= 0.6 is 0 Å². The molecule has 0 aromatic heterocycles. The first-order valence-electron chi connectivity index (χ1n) is 5.37. The van der Waals surface area contributed by atoms with Crippen molar-refractivity contribution in [2.45, 2.75) is 13.5 Å². The zero-order valence-corrected chi connectivity index (χ0v) is 9.57. The molecule has 0 radical (unpaired) electrons. The molecule has 1 aromatic rings. The average Bonchev–Trinajstić information content (AvgIpc) is 2.29. The van der Waals surface area contributed by atoms with Crippen LogP contribution in [0, 0.1) is 0 Å². The van der Waals surface area contributed by atoms with Gasteiger partial charge in [0.2, 0.25) is 0 Å². The van der Waals surface area contributed by atoms with Gasteiger partial charge in [0.1, 0.15) is 12.4 Å². The van der Waals surface area contributed by atoms with Gasteiger partial charge in [-0.3, -0.25) is 0 Å². The van der Waals surface area contributed by atoms with Crippen LogP contribution in [0.3, 0.4) is 0 Å². The van der Waals surface area contributed by atoms with Gasteiger partial charge in [-0.2, -0.15) is 0 Å². The Balaban J connectivity index is 2.43. The molecule has 1 rings (SSSR count). The minimum atomic E-state index is 0.528. The van der Waals surface area contributed by atoms with Gasteiger partial charge in [0, 0.05) is 18.7 Å². The second-order valence-electron chi connectivity index (χ2n) is 3.56. The maximum atomic E-state index is 5.68. The average molecular weight is 208 g/mol. The molecule has 0 aliphatic heterocycles. The quantitative estimate of drug-likeness (QED) is 0.769. The molecular formula is C12H20N2O. The van der Waals surface area contributed by atoms with Gasteiger partial charge in [-0.1, -0.05) is 25.1 Å². The molecule has 84 valence electrons. The predicted octanol–water partition coefficient (Wildman–Crippen LogP) is 1.48. The molecule has 0 heterocycles. The van der Waals surface area contributed by atoms with Gasteiger partial charge in [-0.25, -0.2) is 0 Å². The highest BCUT2D eigenvalue weighted by atomic mass is 16.5. The van der Waals surface area contributed by atoms with Gasteiger partial charge in [0.15, 0.2) is 0 Å². The molecule has 3 nitrogen and oxygen atoms in total. The Bertz CT molecular complexity index is 289. The number of rotatable bonds is 6. The number of hydrogen-bond donors (Lipinski definition) is 1. The van der Waals surface area contributed by atoms with Crippen LogP contribution in [-0.4, -0.2) is 31.6 Å². The van der Waals surface area contributed by atoms with Crippen molar-refractivity contribution in [3.63, 3.8) is 0 Å². The summed E-state index contributed by atoms with van der Waals surface area (Å²) in [6.45, 7) is 5.35. The zero-order valence-electron chi connectivity index (χ0n) is 9.57. The summed E-state index contributed by atoms with van der Waals surface area (Å²) < 4.78 is 5.68. The Hall–Kier alpha value is -1.06. The molecule has 0 saturated carbocycles. The predicted molar refractivity (Wildman–Crippen MR) is 63.0 cm³/mol. The van der Waals surface area contributed by atoms with Gasteiger partial charge in [-0.15, -0.1) is 0 Å². The van der Waals surface area contributed by atoms with E-state index < -0.39 is 0 Å². The van der Waals surface area contributed by atoms with Gasteiger partial charge < -0.3 is 15.4 Å². The van der Waals surface area contributed by atoms with Crippen LogP contribution in [-0.2, 0) is 6.54 Å². The number of nitrogens with zero attached hydrogens (tertiary/aromatic N) is 1. The van der Waals surface area contributed by atoms with E-state index in [9.17, 15) is 0 Å². The van der Waals surface area contributed by atoms with E-state index >= 15 is 0 Å². The first-order valence-corrected chi connectivity index (χ1v) is 5.37. The summed E-state index contributed by atoms with van der Waals surface area (Å²) in [6.07, 6.45) is 0. The van der Waals surface area contributed by atoms with E-state index in [4.69, 9.17) is 10.5 Å². The van der Waals surface area contributed by atoms with Crippen LogP contribution in [0.4, 0.5) is 0 Å². The topological polar surface area (TPSA) is 38.5 Å². The SMILES string of the molecule is CCN(C)CCOc1ccccc1CN. The molecular weight excluding hydrogens is 188 g/mol. The number of likely N-dealkylation sites (N-methyl/N-ethyl adjacent to an activating group) is 1. The molecule has 0 fully saturated rings. The molecule has 0 aliphatic carbocycles. The maximum absolute atomic E-state index is 5.68. The van der Waals surface area contributed by atoms with E-state index in [0.29, 0.717) is 13.2 Å². The zero-order chi connectivity index (χ0) is 11.1. The summed E-state index contributed by atoms with van der Waals surface area (Å²) in [6, 6.07) is 7.91. The fourth-order valence-electron chi connectivity index (χ4n) is 1.28. The molecule has 2 N–H and O–H groups in total. The Labute approximate surface area is 91.8 Å². The minimum Gasteiger partial charge on any atom is -0.492 e. The van der Waals surface area contributed by atoms with Crippen LogP contribution in [0.25, 0.3) is 0 Å². The molecule has 0 amide bonds. The van der Waals surface area contributed by atoms with E-state index in [1.165, 1.54) is 0 Å². The van der Waals surface area contributed by atoms with E-state index in [-0.39, 0.29) is 0 Å². The molecule has 0 unspecified atom stereocenters. The monoisotopic (exact) mass is 208 g/mol. The van der Waals surface area contributed by atoms with Crippen LogP contribution in [0.15, 0.2) is 24.3 Å². The van der Waals surface area contributed by atoms with Crippen molar-refractivity contribution in [2.24, 2.45) is 5.73 Å². The Morgan fingerprint density at radius 1 is 1.33 bits per heavy atom. The van der Waals surface area contributed by atoms with Crippen molar-refractivity contribution < 1.29 is 4.74 Å². The summed E-state index contributed by atoms with van der Waals surface area (Å²) in [4.78, 5) is 2.21. The standard InChI is InChI=1S/C12H20N2O/c1-3-14(2)8-9-15-12-7-5-4-6-11(12)10-13/h4-7H,3,8-10,13H2,1-2H3. The summed E-state index contributed by atoms with van der Waals surface area (Å²) >= 11 is 0. The van der Waals surface area contributed by atoms with Crippen LogP contribution < -0.4 is 10.5 Å². The second-order valence-corrected chi connectivity index (χ2v) is 3.56. The maximum Gasteiger partial charge on any atom is 0.123 e. The molecule has 0 aliphatic rings. The third-order valence-corrected chi connectivity index (χ3v) is 2.46. The third-order valence-electron chi connectivity index (χ3n) is 2.46. The van der Waals surface area contributed by atoms with E-state index in [2.05, 4.69) is 18.9 Å². The number of nitrogens with two attached hydrogens (primary N) is 1. The first kappa shape index (κ1) is 12.0. The summed E-state index contributed by atoms with van der Waals surface area (Å²) in [5.41, 5.74) is 6.68. The Morgan fingerprint density at radius 3 is 2.73 bits per heavy atom. The summed E-state index contributed by atoms with van der Waals surface area (Å²) in [5.74, 6) is 0.907. The van der Waals surface area contributed by atoms with Gasteiger partial charge in [0.05, 0.1) is 0 Å². The van der Waals surface area contributed by atoms with E-state index in [1.807, 2.05) is 24.3 Å². The summed E-state index contributed by atoms with van der Waals surface area (Å²) in [5, 5.41) is 0. The van der Waals surface area contributed by atoms with Crippen LogP contribution in [0.2, 0.25) is 0 Å². The first-order chi connectivity index (χ1) is 7.27. The van der Waals surface area contributed by atoms with Gasteiger partial charge >= 0.3 is 0 Å². The van der Waals surface area contributed by atoms with Crippen molar-refractivity contribution in [1.29, 1.82) is 0 Å². The molecule has 0 bridgehead atoms. The molecule has 1 aromatic carbocycles.